The topological polar surface area (TPSA) is 58.6 Å². The molecule has 0 aromatic rings. The van der Waals surface area contributed by atoms with Gasteiger partial charge in [-0.1, -0.05) is 0 Å². The summed E-state index contributed by atoms with van der Waals surface area (Å²) in [5, 5.41) is 2.94. The second-order valence-electron chi connectivity index (χ2n) is 6.28. The van der Waals surface area contributed by atoms with Crippen LogP contribution < -0.4 is 5.32 Å². The predicted octanol–water partition coefficient (Wildman–Crippen LogP) is 1.07. The van der Waals surface area contributed by atoms with Crippen LogP contribution in [0.25, 0.3) is 0 Å². The first-order chi connectivity index (χ1) is 9.72. The van der Waals surface area contributed by atoms with Crippen LogP contribution in [0.1, 0.15) is 44.9 Å². The molecule has 1 aliphatic carbocycles. The lowest BCUT2D eigenvalue weighted by Gasteiger charge is -2.30. The number of carbonyl (C=O) groups is 2. The molecule has 2 amide bonds. The minimum absolute atomic E-state index is 0.0574. The van der Waals surface area contributed by atoms with Crippen LogP contribution in [0, 0.1) is 5.41 Å². The number of piperidine rings is 1. The van der Waals surface area contributed by atoms with Crippen molar-refractivity contribution in [2.75, 3.05) is 26.2 Å². The number of ether oxygens (including phenoxy) is 1. The van der Waals surface area contributed by atoms with Gasteiger partial charge in [-0.2, -0.15) is 0 Å². The van der Waals surface area contributed by atoms with E-state index < -0.39 is 5.41 Å². The van der Waals surface area contributed by atoms with Crippen molar-refractivity contribution in [3.8, 4) is 0 Å². The van der Waals surface area contributed by atoms with Crippen LogP contribution in [-0.4, -0.2) is 49.1 Å². The standard InChI is InChI=1S/C15H24N2O3/c18-13(16-11-12-5-4-10-20-12)15(6-7-15)14(19)17-8-2-1-3-9-17/h12H,1-11H2,(H,16,18). The maximum Gasteiger partial charge on any atom is 0.238 e. The second-order valence-corrected chi connectivity index (χ2v) is 6.28. The molecule has 0 aromatic heterocycles. The highest BCUT2D eigenvalue weighted by Crippen LogP contribution is 2.47. The number of amides is 2. The summed E-state index contributed by atoms with van der Waals surface area (Å²) in [5.74, 6) is -0.0226. The Balaban J connectivity index is 1.53. The summed E-state index contributed by atoms with van der Waals surface area (Å²) in [4.78, 5) is 26.8. The smallest absolute Gasteiger partial charge is 0.238 e. The average Bonchev–Trinajstić information content (AvgIpc) is 3.14. The van der Waals surface area contributed by atoms with E-state index in [1.807, 2.05) is 4.90 Å². The first-order valence-electron chi connectivity index (χ1n) is 7.92. The molecule has 20 heavy (non-hydrogen) atoms. The van der Waals surface area contributed by atoms with Gasteiger partial charge in [-0.25, -0.2) is 0 Å². The third-order valence-corrected chi connectivity index (χ3v) is 4.75. The zero-order valence-corrected chi connectivity index (χ0v) is 12.0. The molecule has 1 atom stereocenters. The molecule has 2 saturated heterocycles. The number of nitrogens with zero attached hydrogens (tertiary/aromatic N) is 1. The lowest BCUT2D eigenvalue weighted by atomic mass is 10.0. The maximum absolute atomic E-state index is 12.6. The highest BCUT2D eigenvalue weighted by molar-refractivity contribution is 6.07. The van der Waals surface area contributed by atoms with Crippen molar-refractivity contribution >= 4 is 11.8 Å². The Morgan fingerprint density at radius 3 is 2.50 bits per heavy atom. The van der Waals surface area contributed by atoms with E-state index in [1.165, 1.54) is 6.42 Å². The van der Waals surface area contributed by atoms with Crippen molar-refractivity contribution in [1.29, 1.82) is 0 Å². The van der Waals surface area contributed by atoms with E-state index in [0.29, 0.717) is 19.4 Å². The third-order valence-electron chi connectivity index (χ3n) is 4.75. The molecule has 3 fully saturated rings. The van der Waals surface area contributed by atoms with Crippen molar-refractivity contribution in [3.63, 3.8) is 0 Å². The van der Waals surface area contributed by atoms with Crippen LogP contribution in [0.3, 0.4) is 0 Å². The summed E-state index contributed by atoms with van der Waals surface area (Å²) in [6.07, 6.45) is 6.96. The zero-order valence-electron chi connectivity index (χ0n) is 12.0. The summed E-state index contributed by atoms with van der Waals surface area (Å²) in [6.45, 7) is 2.98. The average molecular weight is 280 g/mol. The molecule has 2 heterocycles. The van der Waals surface area contributed by atoms with E-state index in [1.54, 1.807) is 0 Å². The van der Waals surface area contributed by atoms with Crippen molar-refractivity contribution in [2.45, 2.75) is 51.0 Å². The van der Waals surface area contributed by atoms with Gasteiger partial charge in [0.1, 0.15) is 5.41 Å². The molecule has 3 rings (SSSR count). The van der Waals surface area contributed by atoms with E-state index in [-0.39, 0.29) is 17.9 Å². The fourth-order valence-electron chi connectivity index (χ4n) is 3.24. The van der Waals surface area contributed by atoms with Crippen LogP contribution in [0.2, 0.25) is 0 Å². The van der Waals surface area contributed by atoms with E-state index in [4.69, 9.17) is 4.74 Å². The van der Waals surface area contributed by atoms with Gasteiger partial charge in [0.2, 0.25) is 11.8 Å². The Labute approximate surface area is 120 Å². The highest BCUT2D eigenvalue weighted by Gasteiger charge is 2.57. The van der Waals surface area contributed by atoms with Crippen LogP contribution in [0.4, 0.5) is 0 Å². The van der Waals surface area contributed by atoms with Crippen LogP contribution in [0.5, 0.6) is 0 Å². The predicted molar refractivity (Wildman–Crippen MR) is 74.1 cm³/mol. The molecule has 0 aromatic carbocycles. The molecule has 1 N–H and O–H groups in total. The Kier molecular flexibility index (Phi) is 3.96. The van der Waals surface area contributed by atoms with Gasteiger partial charge in [0, 0.05) is 26.2 Å². The van der Waals surface area contributed by atoms with E-state index in [9.17, 15) is 9.59 Å². The molecule has 2 aliphatic heterocycles. The minimum Gasteiger partial charge on any atom is -0.376 e. The van der Waals surface area contributed by atoms with Gasteiger partial charge in [0.25, 0.3) is 0 Å². The fraction of sp³-hybridized carbons (Fsp3) is 0.867. The van der Waals surface area contributed by atoms with Gasteiger partial charge < -0.3 is 15.0 Å². The monoisotopic (exact) mass is 280 g/mol. The Morgan fingerprint density at radius 1 is 1.15 bits per heavy atom. The number of hydrogen-bond donors (Lipinski definition) is 1. The fourth-order valence-corrected chi connectivity index (χ4v) is 3.24. The number of rotatable bonds is 4. The molecule has 0 radical (unpaired) electrons. The van der Waals surface area contributed by atoms with Gasteiger partial charge in [0.15, 0.2) is 0 Å². The maximum atomic E-state index is 12.6. The quantitative estimate of drug-likeness (QED) is 0.784. The third kappa shape index (κ3) is 2.68. The zero-order chi connectivity index (χ0) is 14.0. The van der Waals surface area contributed by atoms with Gasteiger partial charge in [-0.15, -0.1) is 0 Å². The van der Waals surface area contributed by atoms with Crippen molar-refractivity contribution in [1.82, 2.24) is 10.2 Å². The first-order valence-corrected chi connectivity index (χ1v) is 7.92. The van der Waals surface area contributed by atoms with Crippen LogP contribution in [-0.2, 0) is 14.3 Å². The molecular weight excluding hydrogens is 256 g/mol. The minimum atomic E-state index is -0.740. The molecular formula is C15H24N2O3. The molecule has 1 unspecified atom stereocenters. The largest absolute Gasteiger partial charge is 0.376 e. The summed E-state index contributed by atoms with van der Waals surface area (Å²) >= 11 is 0. The molecule has 5 heteroatoms. The SMILES string of the molecule is O=C(NCC1CCCO1)C1(C(=O)N2CCCCC2)CC1. The summed E-state index contributed by atoms with van der Waals surface area (Å²) in [6, 6.07) is 0. The summed E-state index contributed by atoms with van der Waals surface area (Å²) < 4.78 is 5.50. The summed E-state index contributed by atoms with van der Waals surface area (Å²) in [5.41, 5.74) is -0.740. The van der Waals surface area contributed by atoms with Gasteiger partial charge in [0.05, 0.1) is 6.10 Å². The molecule has 0 bridgehead atoms. The van der Waals surface area contributed by atoms with E-state index in [2.05, 4.69) is 5.32 Å². The highest BCUT2D eigenvalue weighted by atomic mass is 16.5. The normalized spacial score (nSPS) is 28.2. The van der Waals surface area contributed by atoms with Gasteiger partial charge >= 0.3 is 0 Å². The first kappa shape index (κ1) is 13.9. The van der Waals surface area contributed by atoms with Crippen LogP contribution in [0.15, 0.2) is 0 Å². The van der Waals surface area contributed by atoms with E-state index >= 15 is 0 Å². The number of likely N-dealkylation sites (tertiary alicyclic amines) is 1. The molecule has 1 saturated carbocycles. The Bertz CT molecular complexity index is 381. The van der Waals surface area contributed by atoms with Gasteiger partial charge in [-0.05, 0) is 44.9 Å². The Morgan fingerprint density at radius 2 is 1.90 bits per heavy atom. The number of hydrogen-bond acceptors (Lipinski definition) is 3. The van der Waals surface area contributed by atoms with Crippen LogP contribution >= 0.6 is 0 Å². The molecule has 5 nitrogen and oxygen atoms in total. The molecule has 0 spiro atoms. The number of nitrogens with one attached hydrogen (secondary N) is 1. The second kappa shape index (κ2) is 5.72. The number of carbonyl (C=O) groups excluding carboxylic acids is 2. The summed E-state index contributed by atoms with van der Waals surface area (Å²) in [7, 11) is 0. The van der Waals surface area contributed by atoms with Crippen molar-refractivity contribution < 1.29 is 14.3 Å². The Hall–Kier alpha value is -1.10. The van der Waals surface area contributed by atoms with Gasteiger partial charge in [-0.3, -0.25) is 9.59 Å². The lowest BCUT2D eigenvalue weighted by molar-refractivity contribution is -0.145. The lowest BCUT2D eigenvalue weighted by Crippen LogP contribution is -2.48. The van der Waals surface area contributed by atoms with Crippen molar-refractivity contribution in [3.05, 3.63) is 0 Å². The van der Waals surface area contributed by atoms with E-state index in [0.717, 1.165) is 45.4 Å². The molecule has 112 valence electrons. The molecule has 3 aliphatic rings. The van der Waals surface area contributed by atoms with Crippen molar-refractivity contribution in [2.24, 2.45) is 5.41 Å².